The van der Waals surface area contributed by atoms with E-state index >= 15 is 0 Å². The Bertz CT molecular complexity index is 1170. The van der Waals surface area contributed by atoms with Gasteiger partial charge in [0.2, 0.25) is 5.95 Å². The molecule has 154 valence electrons. The number of aromatic nitrogens is 3. The summed E-state index contributed by atoms with van der Waals surface area (Å²) in [6.07, 6.45) is 1.81. The minimum Gasteiger partial charge on any atom is -0.497 e. The molecular weight excluding hydrogens is 380 g/mol. The van der Waals surface area contributed by atoms with Crippen LogP contribution in [0, 0.1) is 0 Å². The molecule has 4 rings (SSSR count). The fourth-order valence-corrected chi connectivity index (χ4v) is 3.46. The molecule has 0 radical (unpaired) electrons. The lowest BCUT2D eigenvalue weighted by Gasteiger charge is -2.12. The van der Waals surface area contributed by atoms with Crippen molar-refractivity contribution in [2.75, 3.05) is 33.7 Å². The van der Waals surface area contributed by atoms with Crippen molar-refractivity contribution < 1.29 is 14.2 Å². The Labute approximate surface area is 175 Å². The average molecular weight is 404 g/mol. The van der Waals surface area contributed by atoms with E-state index in [-0.39, 0.29) is 0 Å². The molecule has 7 heteroatoms. The van der Waals surface area contributed by atoms with E-state index in [0.29, 0.717) is 18.0 Å². The molecule has 2 aromatic heterocycles. The lowest BCUT2D eigenvalue weighted by molar-refractivity contribution is 0.354. The van der Waals surface area contributed by atoms with Gasteiger partial charge in [-0.2, -0.15) is 0 Å². The first-order valence-electron chi connectivity index (χ1n) is 9.56. The van der Waals surface area contributed by atoms with Gasteiger partial charge in [0.15, 0.2) is 11.5 Å². The first kappa shape index (κ1) is 19.6. The van der Waals surface area contributed by atoms with Crippen LogP contribution in [0.5, 0.6) is 17.2 Å². The maximum Gasteiger partial charge on any atom is 0.203 e. The SMILES string of the molecule is CNc1nc2cnc(-c3ccc(OC)cc3)cc2n1Cc1ccc(OC)c(OC)c1. The van der Waals surface area contributed by atoms with Gasteiger partial charge < -0.3 is 24.1 Å². The second-order valence-electron chi connectivity index (χ2n) is 6.75. The molecule has 0 aliphatic rings. The summed E-state index contributed by atoms with van der Waals surface area (Å²) in [6.45, 7) is 0.624. The van der Waals surface area contributed by atoms with E-state index in [1.54, 1.807) is 27.5 Å². The van der Waals surface area contributed by atoms with Crippen molar-refractivity contribution in [1.29, 1.82) is 0 Å². The smallest absolute Gasteiger partial charge is 0.203 e. The van der Waals surface area contributed by atoms with Crippen LogP contribution >= 0.6 is 0 Å². The highest BCUT2D eigenvalue weighted by Crippen LogP contribution is 2.30. The summed E-state index contributed by atoms with van der Waals surface area (Å²) in [5, 5.41) is 3.18. The molecule has 0 saturated carbocycles. The quantitative estimate of drug-likeness (QED) is 0.497. The normalized spacial score (nSPS) is 10.8. The zero-order valence-corrected chi connectivity index (χ0v) is 17.5. The van der Waals surface area contributed by atoms with Crippen molar-refractivity contribution in [1.82, 2.24) is 14.5 Å². The molecule has 30 heavy (non-hydrogen) atoms. The van der Waals surface area contributed by atoms with E-state index in [1.807, 2.05) is 49.5 Å². The number of anilines is 1. The molecule has 4 aromatic rings. The van der Waals surface area contributed by atoms with Gasteiger partial charge in [0.25, 0.3) is 0 Å². The Morgan fingerprint density at radius 3 is 2.33 bits per heavy atom. The molecule has 1 N–H and O–H groups in total. The second-order valence-corrected chi connectivity index (χ2v) is 6.75. The molecule has 0 aliphatic heterocycles. The minimum atomic E-state index is 0.624. The number of hydrogen-bond donors (Lipinski definition) is 1. The fourth-order valence-electron chi connectivity index (χ4n) is 3.46. The zero-order chi connectivity index (χ0) is 21.1. The monoisotopic (exact) mass is 404 g/mol. The van der Waals surface area contributed by atoms with Gasteiger partial charge in [-0.25, -0.2) is 4.98 Å². The van der Waals surface area contributed by atoms with Crippen molar-refractivity contribution in [3.8, 4) is 28.5 Å². The maximum atomic E-state index is 5.45. The highest BCUT2D eigenvalue weighted by Gasteiger charge is 2.14. The lowest BCUT2D eigenvalue weighted by Crippen LogP contribution is -2.05. The van der Waals surface area contributed by atoms with Crippen LogP contribution in [0.2, 0.25) is 0 Å². The first-order valence-corrected chi connectivity index (χ1v) is 9.56. The van der Waals surface area contributed by atoms with E-state index < -0.39 is 0 Å². The fraction of sp³-hybridized carbons (Fsp3) is 0.217. The number of ether oxygens (including phenoxy) is 3. The molecular formula is C23H24N4O3. The van der Waals surface area contributed by atoms with Gasteiger partial charge in [-0.1, -0.05) is 6.07 Å². The number of methoxy groups -OCH3 is 3. The Morgan fingerprint density at radius 2 is 1.67 bits per heavy atom. The molecule has 0 aliphatic carbocycles. The van der Waals surface area contributed by atoms with Crippen molar-refractivity contribution in [2.45, 2.75) is 6.54 Å². The van der Waals surface area contributed by atoms with Crippen LogP contribution in [0.3, 0.4) is 0 Å². The standard InChI is InChI=1S/C23H24N4O3/c1-24-23-26-19-13-25-18(16-6-8-17(28-2)9-7-16)12-20(19)27(23)14-15-5-10-21(29-3)22(11-15)30-4/h5-13H,14H2,1-4H3,(H,24,26). The molecule has 0 bridgehead atoms. The van der Waals surface area contributed by atoms with E-state index in [1.165, 1.54) is 0 Å². The average Bonchev–Trinajstić information content (AvgIpc) is 3.15. The molecule has 0 fully saturated rings. The van der Waals surface area contributed by atoms with E-state index in [0.717, 1.165) is 39.6 Å². The Kier molecular flexibility index (Phi) is 5.43. The van der Waals surface area contributed by atoms with Crippen molar-refractivity contribution in [2.24, 2.45) is 0 Å². The van der Waals surface area contributed by atoms with Gasteiger partial charge >= 0.3 is 0 Å². The predicted octanol–water partition coefficient (Wildman–Crippen LogP) is 4.21. The molecule has 2 aromatic carbocycles. The lowest BCUT2D eigenvalue weighted by atomic mass is 10.1. The van der Waals surface area contributed by atoms with Crippen LogP contribution in [0.4, 0.5) is 5.95 Å². The Hall–Kier alpha value is -3.74. The number of rotatable bonds is 7. The number of hydrogen-bond acceptors (Lipinski definition) is 6. The number of nitrogens with zero attached hydrogens (tertiary/aromatic N) is 3. The molecule has 0 saturated heterocycles. The second kappa shape index (κ2) is 8.32. The number of pyridine rings is 1. The number of imidazole rings is 1. The van der Waals surface area contributed by atoms with Crippen LogP contribution in [-0.2, 0) is 6.54 Å². The van der Waals surface area contributed by atoms with Crippen molar-refractivity contribution >= 4 is 17.0 Å². The van der Waals surface area contributed by atoms with Crippen LogP contribution in [-0.4, -0.2) is 42.9 Å². The summed E-state index contributed by atoms with van der Waals surface area (Å²) in [6, 6.07) is 15.8. The van der Waals surface area contributed by atoms with Gasteiger partial charge in [-0.3, -0.25) is 4.98 Å². The topological polar surface area (TPSA) is 70.4 Å². The summed E-state index contributed by atoms with van der Waals surface area (Å²) in [5.41, 5.74) is 4.79. The van der Waals surface area contributed by atoms with Gasteiger partial charge in [-0.15, -0.1) is 0 Å². The van der Waals surface area contributed by atoms with Crippen LogP contribution in [0.15, 0.2) is 54.7 Å². The third kappa shape index (κ3) is 3.61. The number of benzene rings is 2. The predicted molar refractivity (Wildman–Crippen MR) is 118 cm³/mol. The largest absolute Gasteiger partial charge is 0.497 e. The molecule has 0 unspecified atom stereocenters. The van der Waals surface area contributed by atoms with E-state index in [4.69, 9.17) is 14.2 Å². The maximum absolute atomic E-state index is 5.45. The third-order valence-corrected chi connectivity index (χ3v) is 5.03. The van der Waals surface area contributed by atoms with Crippen LogP contribution in [0.1, 0.15) is 5.56 Å². The van der Waals surface area contributed by atoms with Crippen LogP contribution < -0.4 is 19.5 Å². The summed E-state index contributed by atoms with van der Waals surface area (Å²) >= 11 is 0. The number of fused-ring (bicyclic) bond motifs is 1. The molecule has 2 heterocycles. The van der Waals surface area contributed by atoms with Gasteiger partial charge in [-0.05, 0) is 48.0 Å². The summed E-state index contributed by atoms with van der Waals surface area (Å²) in [7, 11) is 6.79. The third-order valence-electron chi connectivity index (χ3n) is 5.03. The highest BCUT2D eigenvalue weighted by molar-refractivity contribution is 5.82. The van der Waals surface area contributed by atoms with Gasteiger partial charge in [0, 0.05) is 12.6 Å². The zero-order valence-electron chi connectivity index (χ0n) is 17.5. The summed E-state index contributed by atoms with van der Waals surface area (Å²) < 4.78 is 18.2. The molecule has 0 spiro atoms. The Morgan fingerprint density at radius 1 is 0.900 bits per heavy atom. The number of nitrogens with one attached hydrogen (secondary N) is 1. The molecule has 0 amide bonds. The van der Waals surface area contributed by atoms with Crippen molar-refractivity contribution in [3.63, 3.8) is 0 Å². The van der Waals surface area contributed by atoms with E-state index in [9.17, 15) is 0 Å². The Balaban J connectivity index is 1.76. The van der Waals surface area contributed by atoms with Gasteiger partial charge in [0.1, 0.15) is 11.3 Å². The molecule has 0 atom stereocenters. The minimum absolute atomic E-state index is 0.624. The highest BCUT2D eigenvalue weighted by atomic mass is 16.5. The van der Waals surface area contributed by atoms with Crippen LogP contribution in [0.25, 0.3) is 22.3 Å². The first-order chi connectivity index (χ1) is 14.7. The molecule has 7 nitrogen and oxygen atoms in total. The van der Waals surface area contributed by atoms with Crippen molar-refractivity contribution in [3.05, 3.63) is 60.3 Å². The summed E-state index contributed by atoms with van der Waals surface area (Å²) in [4.78, 5) is 9.28. The summed E-state index contributed by atoms with van der Waals surface area (Å²) in [5.74, 6) is 2.99. The van der Waals surface area contributed by atoms with Gasteiger partial charge in [0.05, 0.1) is 45.3 Å². The van der Waals surface area contributed by atoms with E-state index in [2.05, 4.69) is 25.9 Å².